The highest BCUT2D eigenvalue weighted by molar-refractivity contribution is 7.00. The monoisotopic (exact) mass is 1510 g/mol. The number of rotatable bonds is 10. The van der Waals surface area contributed by atoms with E-state index in [-0.39, 0.29) is 56.3 Å². The molecule has 7 heteroatoms. The Morgan fingerprint density at radius 3 is 1.08 bits per heavy atom. The van der Waals surface area contributed by atoms with Gasteiger partial charge in [-0.1, -0.05) is 296 Å². The lowest BCUT2D eigenvalue weighted by Crippen LogP contribution is -2.61. The van der Waals surface area contributed by atoms with Gasteiger partial charge in [-0.05, 0) is 199 Å². The third kappa shape index (κ3) is 10.7. The molecule has 0 unspecified atom stereocenters. The average Bonchev–Trinajstić information content (AvgIpc) is 1.59. The van der Waals surface area contributed by atoms with Crippen molar-refractivity contribution in [3.05, 3.63) is 393 Å². The molecule has 2 aliphatic rings. The summed E-state index contributed by atoms with van der Waals surface area (Å²) in [5, 5.41) is 5.13. The van der Waals surface area contributed by atoms with Crippen LogP contribution in [0.25, 0.3) is 154 Å². The number of para-hydroxylation sites is 6. The molecule has 0 fully saturated rings. The molecule has 21 aromatic rings. The Balaban J connectivity index is 0.909. The maximum atomic E-state index is 10.3. The van der Waals surface area contributed by atoms with E-state index < -0.39 is 61.1 Å². The zero-order valence-electron chi connectivity index (χ0n) is 77.2. The van der Waals surface area contributed by atoms with Crippen molar-refractivity contribution in [2.75, 3.05) is 9.80 Å². The lowest BCUT2D eigenvalue weighted by atomic mass is 9.33. The number of aromatic nitrogens is 4. The van der Waals surface area contributed by atoms with E-state index in [2.05, 4.69) is 261 Å². The Hall–Kier alpha value is -14.4. The van der Waals surface area contributed by atoms with E-state index in [0.717, 1.165) is 133 Å². The van der Waals surface area contributed by atoms with Crippen molar-refractivity contribution < 1.29 is 16.4 Å². The summed E-state index contributed by atoms with van der Waals surface area (Å²) in [6, 6.07) is 103. The van der Waals surface area contributed by atoms with Gasteiger partial charge in [0.25, 0.3) is 6.71 Å². The highest BCUT2D eigenvalue weighted by atomic mass is 15.2. The molecule has 2 aliphatic heterocycles. The van der Waals surface area contributed by atoms with E-state index >= 15 is 0 Å². The van der Waals surface area contributed by atoms with Crippen LogP contribution >= 0.6 is 0 Å². The molecule has 0 saturated heterocycles. The van der Waals surface area contributed by atoms with E-state index in [4.69, 9.17) is 0 Å². The van der Waals surface area contributed by atoms with E-state index in [1.807, 2.05) is 114 Å². The van der Waals surface area contributed by atoms with E-state index in [1.54, 1.807) is 4.57 Å². The maximum Gasteiger partial charge on any atom is 0.252 e. The van der Waals surface area contributed by atoms with Crippen LogP contribution in [-0.2, 0) is 10.8 Å². The highest BCUT2D eigenvalue weighted by Gasteiger charge is 2.46. The SMILES string of the molecule is [2H]c1c([2H])c([2H])c2c(c1[2H])c1cc(-n3c4ccccc4c4ccccc43)ccc1n2-c1ccc2c(c1)N(c1c(-c3ccccc3)cccc1-c1ccccc1)c1cc(-n3c4c([2H])c([2H])c([2H])c([2H])c4c4c([2H])c([2H])c([2H])c([2H])c43)cc3c1B2c1ccc(-n2c4ccc(C(C)(C)C)cc4c4cc(C(C)(C)C)ccc42)cc1N3c1cc(-c2ccccc2)cc(-c2ccccc2)c1. The Labute approximate surface area is 697 Å². The fourth-order valence-electron chi connectivity index (χ4n) is 18.9. The van der Waals surface area contributed by atoms with Crippen molar-refractivity contribution in [2.24, 2.45) is 0 Å². The molecule has 17 aromatic carbocycles. The third-order valence-electron chi connectivity index (χ3n) is 24.4. The smallest absolute Gasteiger partial charge is 0.252 e. The van der Waals surface area contributed by atoms with Crippen molar-refractivity contribution in [2.45, 2.75) is 52.4 Å². The minimum Gasteiger partial charge on any atom is -0.311 e. The molecule has 0 radical (unpaired) electrons. The summed E-state index contributed by atoms with van der Waals surface area (Å²) in [7, 11) is 0. The molecular formula is C110H81BN6. The molecule has 554 valence electrons. The lowest BCUT2D eigenvalue weighted by molar-refractivity contribution is 0.590. The summed E-state index contributed by atoms with van der Waals surface area (Å²) >= 11 is 0. The van der Waals surface area contributed by atoms with Crippen LogP contribution in [0.15, 0.2) is 382 Å². The van der Waals surface area contributed by atoms with Gasteiger partial charge in [0.2, 0.25) is 0 Å². The Morgan fingerprint density at radius 1 is 0.239 bits per heavy atom. The topological polar surface area (TPSA) is 26.2 Å². The number of anilines is 6. The van der Waals surface area contributed by atoms with Crippen molar-refractivity contribution >= 4 is 144 Å². The van der Waals surface area contributed by atoms with Crippen LogP contribution in [0.4, 0.5) is 34.1 Å². The van der Waals surface area contributed by atoms with Gasteiger partial charge < -0.3 is 28.1 Å². The Morgan fingerprint density at radius 2 is 0.598 bits per heavy atom. The van der Waals surface area contributed by atoms with Gasteiger partial charge in [-0.3, -0.25) is 0 Å². The van der Waals surface area contributed by atoms with Crippen LogP contribution in [-0.4, -0.2) is 25.0 Å². The Bertz CT molecular complexity index is 8120. The molecular weight excluding hydrogens is 1420 g/mol. The third-order valence-corrected chi connectivity index (χ3v) is 24.4. The molecule has 0 spiro atoms. The van der Waals surface area contributed by atoms with Gasteiger partial charge >= 0.3 is 0 Å². The summed E-state index contributed by atoms with van der Waals surface area (Å²) in [5.41, 5.74) is 23.2. The van der Waals surface area contributed by atoms with Gasteiger partial charge in [0.1, 0.15) is 0 Å². The van der Waals surface area contributed by atoms with Gasteiger partial charge in [-0.15, -0.1) is 0 Å². The molecule has 117 heavy (non-hydrogen) atoms. The molecule has 0 atom stereocenters. The van der Waals surface area contributed by atoms with Gasteiger partial charge in [-0.2, -0.15) is 0 Å². The molecule has 0 N–H and O–H groups in total. The summed E-state index contributed by atoms with van der Waals surface area (Å²) in [5.74, 6) is 0. The van der Waals surface area contributed by atoms with Crippen LogP contribution < -0.4 is 26.2 Å². The Kier molecular flexibility index (Phi) is 12.6. The van der Waals surface area contributed by atoms with Crippen LogP contribution in [0.2, 0.25) is 0 Å². The molecule has 0 bridgehead atoms. The zero-order chi connectivity index (χ0) is 88.5. The van der Waals surface area contributed by atoms with Crippen LogP contribution in [0.5, 0.6) is 0 Å². The summed E-state index contributed by atoms with van der Waals surface area (Å²) in [6.07, 6.45) is 0. The molecule has 0 aliphatic carbocycles. The van der Waals surface area contributed by atoms with Crippen molar-refractivity contribution in [1.82, 2.24) is 18.3 Å². The predicted octanol–water partition coefficient (Wildman–Crippen LogP) is 27.4. The van der Waals surface area contributed by atoms with E-state index in [9.17, 15) is 16.4 Å². The normalized spacial score (nSPS) is 14.3. The molecule has 6 nitrogen and oxygen atoms in total. The summed E-state index contributed by atoms with van der Waals surface area (Å²) in [4.78, 5) is 4.66. The fourth-order valence-corrected chi connectivity index (χ4v) is 18.9. The largest absolute Gasteiger partial charge is 0.311 e. The van der Waals surface area contributed by atoms with Crippen LogP contribution in [0.1, 0.15) is 69.1 Å². The number of benzene rings is 17. The fraction of sp³-hybridized carbons (Fsp3) is 0.0727. The average molecular weight is 1510 g/mol. The van der Waals surface area contributed by atoms with E-state index in [1.165, 1.54) is 11.1 Å². The minimum absolute atomic E-state index is 0.0540. The van der Waals surface area contributed by atoms with Gasteiger partial charge in [0.15, 0.2) is 0 Å². The molecule has 6 heterocycles. The number of hydrogen-bond acceptors (Lipinski definition) is 2. The van der Waals surface area contributed by atoms with Gasteiger partial charge in [0, 0.05) is 99.7 Å². The number of hydrogen-bond donors (Lipinski definition) is 0. The molecule has 4 aromatic heterocycles. The minimum atomic E-state index is -0.696. The molecule has 23 rings (SSSR count). The van der Waals surface area contributed by atoms with Crippen LogP contribution in [0.3, 0.4) is 0 Å². The first-order valence-corrected chi connectivity index (χ1v) is 40.0. The highest BCUT2D eigenvalue weighted by Crippen LogP contribution is 2.54. The van der Waals surface area contributed by atoms with Crippen molar-refractivity contribution in [3.63, 3.8) is 0 Å². The first-order valence-electron chi connectivity index (χ1n) is 46.0. The van der Waals surface area contributed by atoms with Crippen LogP contribution in [0, 0.1) is 0 Å². The van der Waals surface area contributed by atoms with Crippen molar-refractivity contribution in [1.29, 1.82) is 0 Å². The lowest BCUT2D eigenvalue weighted by Gasteiger charge is -2.45. The first-order chi connectivity index (χ1) is 62.3. The second-order valence-corrected chi connectivity index (χ2v) is 33.1. The van der Waals surface area contributed by atoms with Crippen molar-refractivity contribution in [3.8, 4) is 67.3 Å². The van der Waals surface area contributed by atoms with Gasteiger partial charge in [0.05, 0.1) is 72.0 Å². The first kappa shape index (κ1) is 56.8. The number of nitrogens with zero attached hydrogens (tertiary/aromatic N) is 6. The standard InChI is InChI=1S/C110H81BN6/c1-109(2,3)76-50-57-100-90(63-76)91-64-77(110(4,5)6)51-58-101(91)114(100)79-52-55-93-103(66-79)116(81-61-74(70-30-11-7-12-31-70)60-75(62-81)71-32-13-8-14-33-71)105-68-82(115-97-47-26-21-40-87(97)88-41-22-27-48-98(88)115)69-106-107(105)111(93)94-56-53-80(67-104(94)117(106)108-83(72-34-15-9-16-35-72)43-29-44-84(108)73-36-17-10-18-37-73)113-99-49-28-23-42-89(99)92-65-78(54-59-102(92)113)112-95-45-24-19-38-85(95)86-39-20-25-46-96(86)112/h7-69H,1-6H3/i21D,22D,23D,26D,27D,28D,40D,41D,42D,47D,48D,49D. The predicted molar refractivity (Wildman–Crippen MR) is 497 cm³/mol. The summed E-state index contributed by atoms with van der Waals surface area (Å²) < 4.78 is 126. The summed E-state index contributed by atoms with van der Waals surface area (Å²) in [6.45, 7) is 12.8. The second-order valence-electron chi connectivity index (χ2n) is 33.1. The quantitative estimate of drug-likeness (QED) is 0.128. The maximum absolute atomic E-state index is 10.3. The van der Waals surface area contributed by atoms with Gasteiger partial charge in [-0.25, -0.2) is 0 Å². The zero-order valence-corrected chi connectivity index (χ0v) is 65.2. The van der Waals surface area contributed by atoms with E-state index in [0.29, 0.717) is 44.7 Å². The molecule has 0 amide bonds. The molecule has 0 saturated carbocycles. The number of fused-ring (bicyclic) bond motifs is 16. The second kappa shape index (κ2) is 26.1.